The molecule has 0 radical (unpaired) electrons. The third-order valence-electron chi connectivity index (χ3n) is 5.95. The molecule has 1 N–H and O–H groups in total. The Bertz CT molecular complexity index is 1340. The Morgan fingerprint density at radius 1 is 1.09 bits per heavy atom. The van der Waals surface area contributed by atoms with Gasteiger partial charge >= 0.3 is 0 Å². The van der Waals surface area contributed by atoms with E-state index < -0.39 is 0 Å². The van der Waals surface area contributed by atoms with Crippen molar-refractivity contribution in [2.45, 2.75) is 38.5 Å². The van der Waals surface area contributed by atoms with Crippen LogP contribution in [0.3, 0.4) is 0 Å². The lowest BCUT2D eigenvalue weighted by molar-refractivity contribution is -0.116. The molecule has 0 aliphatic heterocycles. The van der Waals surface area contributed by atoms with Crippen molar-refractivity contribution in [1.82, 2.24) is 14.6 Å². The number of Topliss-reactive ketones (excluding diaryl/α,β-unsaturated/α-hetero) is 1. The zero-order valence-corrected chi connectivity index (χ0v) is 19.2. The normalized spacial score (nSPS) is 13.0. The average Bonchev–Trinajstić information content (AvgIpc) is 3.42. The van der Waals surface area contributed by atoms with Crippen LogP contribution in [0.25, 0.3) is 16.2 Å². The number of anilines is 1. The van der Waals surface area contributed by atoms with Gasteiger partial charge in [-0.3, -0.25) is 14.9 Å². The number of benzene rings is 2. The molecule has 0 bridgehead atoms. The molecule has 1 aliphatic carbocycles. The number of methoxy groups -OCH3 is 1. The number of hydrogen-bond donors (Lipinski definition) is 1. The van der Waals surface area contributed by atoms with Crippen LogP contribution in [0.15, 0.2) is 47.8 Å². The molecule has 1 aliphatic rings. The fourth-order valence-electron chi connectivity index (χ4n) is 4.18. The largest absolute Gasteiger partial charge is 0.497 e. The molecule has 0 spiro atoms. The first-order valence-electron chi connectivity index (χ1n) is 11.0. The SMILES string of the molecule is COc1cccc(-c2csc3nc(NC(=O)CCC(=O)c4ccc5c(c4)CCCC5)nn23)c1. The molecule has 7 nitrogen and oxygen atoms in total. The van der Waals surface area contributed by atoms with Crippen LogP contribution in [0, 0.1) is 0 Å². The first kappa shape index (κ1) is 21.3. The summed E-state index contributed by atoms with van der Waals surface area (Å²) >= 11 is 1.44. The minimum atomic E-state index is -0.275. The number of thiazole rings is 1. The topological polar surface area (TPSA) is 85.6 Å². The maximum absolute atomic E-state index is 12.6. The number of aryl methyl sites for hydroxylation is 2. The van der Waals surface area contributed by atoms with Gasteiger partial charge in [0.05, 0.1) is 12.8 Å². The molecular formula is C25H24N4O3S. The summed E-state index contributed by atoms with van der Waals surface area (Å²) in [5.41, 5.74) is 5.11. The van der Waals surface area contributed by atoms with Crippen molar-refractivity contribution in [2.75, 3.05) is 12.4 Å². The Morgan fingerprint density at radius 3 is 2.79 bits per heavy atom. The Labute approximate surface area is 195 Å². The van der Waals surface area contributed by atoms with E-state index in [-0.39, 0.29) is 30.5 Å². The van der Waals surface area contributed by atoms with Gasteiger partial charge < -0.3 is 4.74 Å². The van der Waals surface area contributed by atoms with E-state index in [2.05, 4.69) is 21.5 Å². The molecule has 2 heterocycles. The van der Waals surface area contributed by atoms with E-state index in [4.69, 9.17) is 4.74 Å². The van der Waals surface area contributed by atoms with E-state index >= 15 is 0 Å². The molecule has 8 heteroatoms. The lowest BCUT2D eigenvalue weighted by atomic mass is 9.89. The minimum Gasteiger partial charge on any atom is -0.497 e. The number of amides is 1. The second kappa shape index (κ2) is 9.15. The highest BCUT2D eigenvalue weighted by molar-refractivity contribution is 7.15. The predicted molar refractivity (Wildman–Crippen MR) is 128 cm³/mol. The predicted octanol–water partition coefficient (Wildman–Crippen LogP) is 4.95. The lowest BCUT2D eigenvalue weighted by Gasteiger charge is -2.16. The molecular weight excluding hydrogens is 436 g/mol. The summed E-state index contributed by atoms with van der Waals surface area (Å²) in [7, 11) is 1.63. The van der Waals surface area contributed by atoms with E-state index in [0.717, 1.165) is 29.8 Å². The molecule has 0 saturated heterocycles. The highest BCUT2D eigenvalue weighted by Crippen LogP contribution is 2.28. The van der Waals surface area contributed by atoms with Crippen LogP contribution in [0.5, 0.6) is 5.75 Å². The van der Waals surface area contributed by atoms with Crippen molar-refractivity contribution in [3.63, 3.8) is 0 Å². The molecule has 0 unspecified atom stereocenters. The van der Waals surface area contributed by atoms with Gasteiger partial charge in [-0.05, 0) is 55.0 Å². The number of hydrogen-bond acceptors (Lipinski definition) is 6. The summed E-state index contributed by atoms with van der Waals surface area (Å²) in [5.74, 6) is 0.696. The second-order valence-corrected chi connectivity index (χ2v) is 8.98. The van der Waals surface area contributed by atoms with E-state index in [1.54, 1.807) is 11.6 Å². The van der Waals surface area contributed by atoms with Gasteiger partial charge in [-0.25, -0.2) is 4.52 Å². The summed E-state index contributed by atoms with van der Waals surface area (Å²) in [6.45, 7) is 0. The molecule has 0 fully saturated rings. The quantitative estimate of drug-likeness (QED) is 0.395. The van der Waals surface area contributed by atoms with Crippen LogP contribution in [-0.4, -0.2) is 33.4 Å². The number of fused-ring (bicyclic) bond motifs is 2. The maximum Gasteiger partial charge on any atom is 0.250 e. The van der Waals surface area contributed by atoms with Crippen LogP contribution in [0.4, 0.5) is 5.95 Å². The number of ether oxygens (including phenoxy) is 1. The Kier molecular flexibility index (Phi) is 5.92. The van der Waals surface area contributed by atoms with E-state index in [1.165, 1.54) is 35.3 Å². The summed E-state index contributed by atoms with van der Waals surface area (Å²) in [6.07, 6.45) is 4.73. The van der Waals surface area contributed by atoms with Crippen molar-refractivity contribution in [1.29, 1.82) is 0 Å². The minimum absolute atomic E-state index is 0.0161. The standard InChI is InChI=1S/C25H24N4O3S/c1-32-20-8-4-7-18(14-20)21-15-33-25-27-24(28-29(21)25)26-23(31)12-11-22(30)19-10-9-16-5-2-3-6-17(16)13-19/h4,7-10,13-15H,2-3,5-6,11-12H2,1H3,(H,26,28,31). The highest BCUT2D eigenvalue weighted by atomic mass is 32.1. The van der Waals surface area contributed by atoms with Gasteiger partial charge in [-0.2, -0.15) is 4.98 Å². The third-order valence-corrected chi connectivity index (χ3v) is 6.76. The summed E-state index contributed by atoms with van der Waals surface area (Å²) < 4.78 is 7.00. The van der Waals surface area contributed by atoms with Gasteiger partial charge in [0.15, 0.2) is 5.78 Å². The number of aromatic nitrogens is 3. The highest BCUT2D eigenvalue weighted by Gasteiger charge is 2.16. The van der Waals surface area contributed by atoms with Crippen LogP contribution in [-0.2, 0) is 17.6 Å². The van der Waals surface area contributed by atoms with Gasteiger partial charge in [0.25, 0.3) is 0 Å². The molecule has 4 aromatic rings. The molecule has 168 valence electrons. The smallest absolute Gasteiger partial charge is 0.250 e. The van der Waals surface area contributed by atoms with Crippen LogP contribution >= 0.6 is 11.3 Å². The van der Waals surface area contributed by atoms with Crippen LogP contribution in [0.1, 0.15) is 47.2 Å². The van der Waals surface area contributed by atoms with E-state index in [9.17, 15) is 9.59 Å². The fourth-order valence-corrected chi connectivity index (χ4v) is 5.01. The zero-order valence-electron chi connectivity index (χ0n) is 18.3. The van der Waals surface area contributed by atoms with Crippen LogP contribution < -0.4 is 10.1 Å². The number of carbonyl (C=O) groups excluding carboxylic acids is 2. The number of rotatable bonds is 7. The summed E-state index contributed by atoms with van der Waals surface area (Å²) in [5, 5.41) is 9.12. The lowest BCUT2D eigenvalue weighted by Crippen LogP contribution is -2.15. The summed E-state index contributed by atoms with van der Waals surface area (Å²) in [4.78, 5) is 30.1. The summed E-state index contributed by atoms with van der Waals surface area (Å²) in [6, 6.07) is 13.6. The van der Waals surface area contributed by atoms with Gasteiger partial charge in [-0.15, -0.1) is 16.4 Å². The fraction of sp³-hybridized carbons (Fsp3) is 0.280. The molecule has 33 heavy (non-hydrogen) atoms. The Balaban J connectivity index is 1.23. The van der Waals surface area contributed by atoms with E-state index in [1.807, 2.05) is 41.8 Å². The average molecular weight is 461 g/mol. The first-order chi connectivity index (χ1) is 16.1. The Hall–Kier alpha value is -3.52. The van der Waals surface area contributed by atoms with Crippen molar-refractivity contribution in [2.24, 2.45) is 0 Å². The molecule has 5 rings (SSSR count). The Morgan fingerprint density at radius 2 is 1.94 bits per heavy atom. The zero-order chi connectivity index (χ0) is 22.8. The van der Waals surface area contributed by atoms with Gasteiger partial charge in [0.2, 0.25) is 16.8 Å². The van der Waals surface area contributed by atoms with Crippen molar-refractivity contribution in [3.8, 4) is 17.0 Å². The number of nitrogens with zero attached hydrogens (tertiary/aromatic N) is 3. The van der Waals surface area contributed by atoms with Crippen LogP contribution in [0.2, 0.25) is 0 Å². The van der Waals surface area contributed by atoms with Crippen molar-refractivity contribution >= 4 is 33.9 Å². The number of carbonyl (C=O) groups is 2. The second-order valence-electron chi connectivity index (χ2n) is 8.14. The number of ketones is 1. The van der Waals surface area contributed by atoms with Gasteiger partial charge in [-0.1, -0.05) is 24.3 Å². The van der Waals surface area contributed by atoms with Crippen molar-refractivity contribution in [3.05, 3.63) is 64.5 Å². The third kappa shape index (κ3) is 4.52. The van der Waals surface area contributed by atoms with Gasteiger partial charge in [0, 0.05) is 29.3 Å². The first-order valence-corrected chi connectivity index (χ1v) is 11.9. The van der Waals surface area contributed by atoms with Crippen molar-refractivity contribution < 1.29 is 14.3 Å². The molecule has 0 atom stereocenters. The van der Waals surface area contributed by atoms with E-state index in [0.29, 0.717) is 10.5 Å². The number of nitrogens with one attached hydrogen (secondary N) is 1. The maximum atomic E-state index is 12.6. The monoisotopic (exact) mass is 460 g/mol. The molecule has 2 aromatic carbocycles. The molecule has 0 saturated carbocycles. The molecule has 1 amide bonds. The van der Waals surface area contributed by atoms with Gasteiger partial charge in [0.1, 0.15) is 5.75 Å². The molecule has 2 aromatic heterocycles.